The van der Waals surface area contributed by atoms with Gasteiger partial charge < -0.3 is 15.5 Å². The molecule has 9 heteroatoms. The number of anilines is 1. The maximum atomic E-state index is 11.4. The second-order valence-corrected chi connectivity index (χ2v) is 8.74. The Morgan fingerprint density at radius 1 is 1.03 bits per heavy atom. The van der Waals surface area contributed by atoms with Crippen LogP contribution in [-0.2, 0) is 0 Å². The number of hydrogen-bond donors (Lipinski definition) is 1. The van der Waals surface area contributed by atoms with Gasteiger partial charge in [-0.05, 0) is 44.0 Å². The van der Waals surface area contributed by atoms with Crippen molar-refractivity contribution in [3.8, 4) is 11.8 Å². The second-order valence-electron chi connectivity index (χ2n) is 8.74. The highest BCUT2D eigenvalue weighted by atomic mass is 16.1. The molecule has 0 bridgehead atoms. The molecule has 0 atom stereocenters. The topological polar surface area (TPSA) is 95.9 Å². The molecule has 1 amide bonds. The van der Waals surface area contributed by atoms with Crippen molar-refractivity contribution in [3.05, 3.63) is 53.6 Å². The molecule has 3 aromatic rings. The Morgan fingerprint density at radius 3 is 2.58 bits per heavy atom. The van der Waals surface area contributed by atoms with Crippen LogP contribution in [0.3, 0.4) is 0 Å². The molecular weight excluding hydrogens is 416 g/mol. The number of nitrogens with zero attached hydrogens (tertiary/aromatic N) is 7. The number of piperazine rings is 1. The third-order valence-corrected chi connectivity index (χ3v) is 6.55. The number of hydrogen-bond acceptors (Lipinski definition) is 7. The predicted octanol–water partition coefficient (Wildman–Crippen LogP) is 0.839. The monoisotopic (exact) mass is 444 g/mol. The van der Waals surface area contributed by atoms with Crippen LogP contribution in [0.4, 0.5) is 5.82 Å². The lowest BCUT2D eigenvalue weighted by Gasteiger charge is -2.42. The average molecular weight is 445 g/mol. The van der Waals surface area contributed by atoms with E-state index in [-0.39, 0.29) is 0 Å². The molecule has 2 saturated heterocycles. The number of carbonyl (C=O) groups is 1. The van der Waals surface area contributed by atoms with E-state index in [9.17, 15) is 4.79 Å². The van der Waals surface area contributed by atoms with E-state index in [1.807, 2.05) is 12.1 Å². The Bertz CT molecular complexity index is 1210. The molecule has 2 aliphatic rings. The number of nitrogens with two attached hydrogens (primary N) is 1. The summed E-state index contributed by atoms with van der Waals surface area (Å²) in [7, 11) is 2.20. The van der Waals surface area contributed by atoms with Crippen molar-refractivity contribution in [2.75, 3.05) is 51.2 Å². The van der Waals surface area contributed by atoms with E-state index < -0.39 is 5.91 Å². The highest BCUT2D eigenvalue weighted by Gasteiger charge is 2.27. The van der Waals surface area contributed by atoms with E-state index in [2.05, 4.69) is 43.6 Å². The molecule has 0 radical (unpaired) electrons. The van der Waals surface area contributed by atoms with Crippen LogP contribution in [0.25, 0.3) is 5.65 Å². The van der Waals surface area contributed by atoms with E-state index in [0.29, 0.717) is 22.9 Å². The smallest absolute Gasteiger partial charge is 0.250 e. The Morgan fingerprint density at radius 2 is 1.82 bits per heavy atom. The summed E-state index contributed by atoms with van der Waals surface area (Å²) in [5.41, 5.74) is 7.71. The predicted molar refractivity (Wildman–Crippen MR) is 126 cm³/mol. The van der Waals surface area contributed by atoms with Gasteiger partial charge in [0.25, 0.3) is 0 Å². The van der Waals surface area contributed by atoms with E-state index in [4.69, 9.17) is 10.8 Å². The summed E-state index contributed by atoms with van der Waals surface area (Å²) in [6.45, 7) is 6.64. The first-order valence-corrected chi connectivity index (χ1v) is 11.4. The first-order chi connectivity index (χ1) is 16.1. The molecular formula is C24H28N8O. The standard InChI is InChI=1S/C24H28N8O/c1-29-10-12-30(13-11-29)20-6-8-31(9-7-20)23-5-4-22-27-17-21(32(22)28-23)3-2-18-14-19(24(25)33)16-26-15-18/h4-5,14-17,20H,6-13H2,1H3,(H2,25,33). The SMILES string of the molecule is CN1CCN(C2CCN(c3ccc4ncc(C#Cc5cncc(C(N)=O)c5)n4n3)CC2)CC1. The van der Waals surface area contributed by atoms with Gasteiger partial charge in [-0.2, -0.15) is 0 Å². The molecule has 170 valence electrons. The lowest BCUT2D eigenvalue weighted by atomic mass is 10.0. The molecule has 5 rings (SSSR count). The zero-order chi connectivity index (χ0) is 22.8. The molecule has 2 N–H and O–H groups in total. The zero-order valence-corrected chi connectivity index (χ0v) is 18.8. The lowest BCUT2D eigenvalue weighted by Crippen LogP contribution is -2.52. The van der Waals surface area contributed by atoms with Gasteiger partial charge in [0.15, 0.2) is 5.65 Å². The van der Waals surface area contributed by atoms with E-state index in [0.717, 1.165) is 50.5 Å². The van der Waals surface area contributed by atoms with Crippen molar-refractivity contribution in [2.24, 2.45) is 5.73 Å². The highest BCUT2D eigenvalue weighted by Crippen LogP contribution is 2.22. The molecule has 0 unspecified atom stereocenters. The van der Waals surface area contributed by atoms with Gasteiger partial charge in [0, 0.05) is 63.3 Å². The second kappa shape index (κ2) is 9.17. The fraction of sp³-hybridized carbons (Fsp3) is 0.417. The van der Waals surface area contributed by atoms with E-state index >= 15 is 0 Å². The van der Waals surface area contributed by atoms with Crippen LogP contribution >= 0.6 is 0 Å². The molecule has 0 spiro atoms. The maximum Gasteiger partial charge on any atom is 0.250 e. The molecule has 2 fully saturated rings. The number of pyridine rings is 1. The molecule has 5 heterocycles. The number of primary amides is 1. The van der Waals surface area contributed by atoms with Crippen molar-refractivity contribution in [1.82, 2.24) is 29.4 Å². The van der Waals surface area contributed by atoms with Crippen LogP contribution < -0.4 is 10.6 Å². The molecule has 9 nitrogen and oxygen atoms in total. The zero-order valence-electron chi connectivity index (χ0n) is 18.8. The minimum absolute atomic E-state index is 0.334. The Kier molecular flexibility index (Phi) is 5.94. The number of likely N-dealkylation sites (N-methyl/N-ethyl adjacent to an activating group) is 1. The summed E-state index contributed by atoms with van der Waals surface area (Å²) in [4.78, 5) is 27.2. The average Bonchev–Trinajstić information content (AvgIpc) is 3.26. The minimum atomic E-state index is -0.524. The van der Waals surface area contributed by atoms with Crippen LogP contribution in [0, 0.1) is 11.8 Å². The van der Waals surface area contributed by atoms with Gasteiger partial charge in [-0.1, -0.05) is 5.92 Å². The van der Waals surface area contributed by atoms with Crippen molar-refractivity contribution >= 4 is 17.4 Å². The van der Waals surface area contributed by atoms with Crippen LogP contribution in [0.15, 0.2) is 36.8 Å². The highest BCUT2D eigenvalue weighted by molar-refractivity contribution is 5.92. The van der Waals surface area contributed by atoms with Gasteiger partial charge in [-0.15, -0.1) is 5.10 Å². The maximum absolute atomic E-state index is 11.4. The quantitative estimate of drug-likeness (QED) is 0.598. The number of rotatable bonds is 3. The number of fused-ring (bicyclic) bond motifs is 1. The Balaban J connectivity index is 1.30. The Labute approximate surface area is 193 Å². The lowest BCUT2D eigenvalue weighted by molar-refractivity contribution is 0.0981. The van der Waals surface area contributed by atoms with Gasteiger partial charge in [0.2, 0.25) is 5.91 Å². The third-order valence-electron chi connectivity index (χ3n) is 6.55. The number of amides is 1. The third kappa shape index (κ3) is 4.67. The molecule has 0 saturated carbocycles. The molecule has 0 aliphatic carbocycles. The Hall–Kier alpha value is -3.48. The largest absolute Gasteiger partial charge is 0.366 e. The van der Waals surface area contributed by atoms with Crippen LogP contribution in [0.1, 0.15) is 34.5 Å². The summed E-state index contributed by atoms with van der Waals surface area (Å²) >= 11 is 0. The molecule has 3 aromatic heterocycles. The summed E-state index contributed by atoms with van der Waals surface area (Å²) in [6, 6.07) is 6.32. The van der Waals surface area contributed by atoms with E-state index in [1.54, 1.807) is 23.0 Å². The summed E-state index contributed by atoms with van der Waals surface area (Å²) in [5.74, 6) is 6.55. The summed E-state index contributed by atoms with van der Waals surface area (Å²) in [6.07, 6.45) is 7.06. The molecule has 2 aliphatic heterocycles. The normalized spacial score (nSPS) is 18.3. The van der Waals surface area contributed by atoms with Gasteiger partial charge >= 0.3 is 0 Å². The first kappa shape index (κ1) is 21.4. The fourth-order valence-electron chi connectivity index (χ4n) is 4.54. The van der Waals surface area contributed by atoms with Crippen molar-refractivity contribution in [3.63, 3.8) is 0 Å². The van der Waals surface area contributed by atoms with Gasteiger partial charge in [-0.25, -0.2) is 9.50 Å². The first-order valence-electron chi connectivity index (χ1n) is 11.4. The van der Waals surface area contributed by atoms with Gasteiger partial charge in [0.1, 0.15) is 11.5 Å². The van der Waals surface area contributed by atoms with Crippen molar-refractivity contribution < 1.29 is 4.79 Å². The van der Waals surface area contributed by atoms with Crippen LogP contribution in [-0.4, -0.2) is 87.6 Å². The van der Waals surface area contributed by atoms with Crippen LogP contribution in [0.2, 0.25) is 0 Å². The van der Waals surface area contributed by atoms with Crippen LogP contribution in [0.5, 0.6) is 0 Å². The molecule has 0 aromatic carbocycles. The van der Waals surface area contributed by atoms with Crippen molar-refractivity contribution in [1.29, 1.82) is 0 Å². The number of imidazole rings is 1. The summed E-state index contributed by atoms with van der Waals surface area (Å²) < 4.78 is 1.78. The number of carbonyl (C=O) groups excluding carboxylic acids is 1. The number of aromatic nitrogens is 4. The summed E-state index contributed by atoms with van der Waals surface area (Å²) in [5, 5.41) is 4.83. The number of piperidine rings is 1. The van der Waals surface area contributed by atoms with Gasteiger partial charge in [-0.3, -0.25) is 14.7 Å². The van der Waals surface area contributed by atoms with Crippen molar-refractivity contribution in [2.45, 2.75) is 18.9 Å². The minimum Gasteiger partial charge on any atom is -0.366 e. The van der Waals surface area contributed by atoms with Gasteiger partial charge in [0.05, 0.1) is 11.8 Å². The van der Waals surface area contributed by atoms with E-state index in [1.165, 1.54) is 19.3 Å². The fourth-order valence-corrected chi connectivity index (χ4v) is 4.54. The molecule has 33 heavy (non-hydrogen) atoms.